The largest absolute Gasteiger partial charge is 0.379 e. The maximum atomic E-state index is 13.2. The molecule has 2 unspecified atom stereocenters. The van der Waals surface area contributed by atoms with E-state index in [0.29, 0.717) is 26.4 Å². The monoisotopic (exact) mass is 449 g/mol. The van der Waals surface area contributed by atoms with Crippen LogP contribution in [0.2, 0.25) is 0 Å². The second kappa shape index (κ2) is 8.45. The summed E-state index contributed by atoms with van der Waals surface area (Å²) in [6.45, 7) is 5.11. The third-order valence-corrected chi connectivity index (χ3v) is 7.69. The Bertz CT molecular complexity index is 693. The summed E-state index contributed by atoms with van der Waals surface area (Å²) in [5.74, 6) is 1.72. The first-order valence-electron chi connectivity index (χ1n) is 10.7. The van der Waals surface area contributed by atoms with Crippen LogP contribution in [0.25, 0.3) is 0 Å². The number of benzene rings is 1. The lowest BCUT2D eigenvalue weighted by Crippen LogP contribution is -2.58. The van der Waals surface area contributed by atoms with Gasteiger partial charge >= 0.3 is 0 Å². The predicted octanol–water partition coefficient (Wildman–Crippen LogP) is 4.59. The van der Waals surface area contributed by atoms with Crippen molar-refractivity contribution in [3.63, 3.8) is 0 Å². The van der Waals surface area contributed by atoms with Crippen molar-refractivity contribution in [3.05, 3.63) is 35.4 Å². The predicted molar refractivity (Wildman–Crippen MR) is 113 cm³/mol. The summed E-state index contributed by atoms with van der Waals surface area (Å²) in [6, 6.07) is 8.32. The van der Waals surface area contributed by atoms with Crippen LogP contribution in [0, 0.1) is 17.3 Å². The first-order valence-corrected chi connectivity index (χ1v) is 11.5. The number of rotatable bonds is 9. The second-order valence-corrected chi connectivity index (χ2v) is 10.8. The van der Waals surface area contributed by atoms with Gasteiger partial charge in [-0.15, -0.1) is 0 Å². The van der Waals surface area contributed by atoms with E-state index in [4.69, 9.17) is 9.47 Å². The normalized spacial score (nSPS) is 33.2. The van der Waals surface area contributed by atoms with Crippen molar-refractivity contribution >= 4 is 21.8 Å². The molecule has 1 aromatic carbocycles. The number of halogens is 1. The van der Waals surface area contributed by atoms with E-state index in [1.54, 1.807) is 0 Å². The van der Waals surface area contributed by atoms with Gasteiger partial charge in [0.25, 0.3) is 0 Å². The van der Waals surface area contributed by atoms with Crippen molar-refractivity contribution in [2.75, 3.05) is 19.8 Å². The number of amides is 1. The minimum absolute atomic E-state index is 0.145. The summed E-state index contributed by atoms with van der Waals surface area (Å²) < 4.78 is 11.2. The Labute approximate surface area is 176 Å². The van der Waals surface area contributed by atoms with Crippen molar-refractivity contribution in [3.8, 4) is 0 Å². The van der Waals surface area contributed by atoms with E-state index in [0.717, 1.165) is 48.8 Å². The maximum absolute atomic E-state index is 13.2. The van der Waals surface area contributed by atoms with Crippen molar-refractivity contribution in [2.45, 2.75) is 62.9 Å². The summed E-state index contributed by atoms with van der Waals surface area (Å²) in [4.78, 5) is 13.2. The van der Waals surface area contributed by atoms with E-state index in [2.05, 4.69) is 39.4 Å². The highest BCUT2D eigenvalue weighted by Crippen LogP contribution is 2.64. The number of alkyl halides is 1. The minimum Gasteiger partial charge on any atom is -0.379 e. The molecule has 4 bridgehead atoms. The molecule has 0 saturated heterocycles. The quantitative estimate of drug-likeness (QED) is 0.442. The number of hydrogen-bond acceptors (Lipinski definition) is 3. The van der Waals surface area contributed by atoms with E-state index in [1.807, 2.05) is 13.0 Å². The lowest BCUT2D eigenvalue weighted by atomic mass is 9.49. The molecule has 0 aromatic heterocycles. The van der Waals surface area contributed by atoms with Crippen LogP contribution in [-0.2, 0) is 27.4 Å². The molecule has 1 N–H and O–H groups in total. The summed E-state index contributed by atoms with van der Waals surface area (Å²) in [7, 11) is 0. The average molecular weight is 450 g/mol. The van der Waals surface area contributed by atoms with Gasteiger partial charge < -0.3 is 14.8 Å². The molecule has 1 amide bonds. The molecule has 1 aromatic rings. The fourth-order valence-corrected chi connectivity index (χ4v) is 7.52. The van der Waals surface area contributed by atoms with Crippen molar-refractivity contribution < 1.29 is 14.3 Å². The Balaban J connectivity index is 1.31. The van der Waals surface area contributed by atoms with Gasteiger partial charge in [0.05, 0.1) is 25.2 Å². The Morgan fingerprint density at radius 2 is 1.86 bits per heavy atom. The zero-order valence-electron chi connectivity index (χ0n) is 16.8. The van der Waals surface area contributed by atoms with Gasteiger partial charge in [-0.05, 0) is 68.4 Å². The van der Waals surface area contributed by atoms with Gasteiger partial charge in [-0.2, -0.15) is 0 Å². The van der Waals surface area contributed by atoms with Crippen LogP contribution in [0.5, 0.6) is 0 Å². The van der Waals surface area contributed by atoms with E-state index >= 15 is 0 Å². The lowest BCUT2D eigenvalue weighted by Gasteiger charge is -2.59. The third kappa shape index (κ3) is 4.47. The fraction of sp³-hybridized carbons (Fsp3) is 0.696. The molecule has 0 spiro atoms. The van der Waals surface area contributed by atoms with Crippen molar-refractivity contribution in [2.24, 2.45) is 17.3 Å². The van der Waals surface area contributed by atoms with Crippen molar-refractivity contribution in [1.29, 1.82) is 0 Å². The Morgan fingerprint density at radius 3 is 2.57 bits per heavy atom. The maximum Gasteiger partial charge on any atom is 0.226 e. The highest BCUT2D eigenvalue weighted by atomic mass is 79.9. The molecule has 28 heavy (non-hydrogen) atoms. The molecule has 0 aliphatic heterocycles. The van der Waals surface area contributed by atoms with Crippen LogP contribution >= 0.6 is 15.9 Å². The smallest absolute Gasteiger partial charge is 0.226 e. The summed E-state index contributed by atoms with van der Waals surface area (Å²) in [5, 5.41) is 3.26. The van der Waals surface area contributed by atoms with Gasteiger partial charge in [-0.1, -0.05) is 40.2 Å². The van der Waals surface area contributed by atoms with E-state index < -0.39 is 0 Å². The summed E-state index contributed by atoms with van der Waals surface area (Å²) in [5.41, 5.74) is 2.13. The molecule has 4 aliphatic carbocycles. The second-order valence-electron chi connectivity index (χ2n) is 9.14. The summed E-state index contributed by atoms with van der Waals surface area (Å²) >= 11 is 4.00. The average Bonchev–Trinajstić information content (AvgIpc) is 2.64. The first-order chi connectivity index (χ1) is 13.5. The number of nitrogens with one attached hydrogen (secondary N) is 1. The van der Waals surface area contributed by atoms with E-state index in [9.17, 15) is 4.79 Å². The molecule has 4 aliphatic rings. The molecular formula is C23H32BrNO3. The summed E-state index contributed by atoms with van der Waals surface area (Å²) in [6.07, 6.45) is 7.00. The fourth-order valence-electron chi connectivity index (χ4n) is 6.07. The van der Waals surface area contributed by atoms with E-state index in [-0.39, 0.29) is 15.6 Å². The van der Waals surface area contributed by atoms with Crippen LogP contribution in [-0.4, -0.2) is 30.1 Å². The molecule has 2 atom stereocenters. The van der Waals surface area contributed by atoms with E-state index in [1.165, 1.54) is 19.3 Å². The molecule has 4 saturated carbocycles. The molecule has 154 valence electrons. The van der Waals surface area contributed by atoms with Crippen LogP contribution < -0.4 is 5.32 Å². The van der Waals surface area contributed by atoms with Gasteiger partial charge in [0.2, 0.25) is 5.91 Å². The zero-order chi connectivity index (χ0) is 19.6. The topological polar surface area (TPSA) is 47.6 Å². The van der Waals surface area contributed by atoms with Crippen LogP contribution in [0.3, 0.4) is 0 Å². The SMILES string of the molecule is CCOCCOCc1cccc(CNC(=O)C23CC4CC(CC(Br)(C4)C2)C3)c1. The molecule has 5 heteroatoms. The Morgan fingerprint density at radius 1 is 1.14 bits per heavy atom. The van der Waals surface area contributed by atoms with Crippen LogP contribution in [0.15, 0.2) is 24.3 Å². The molecular weight excluding hydrogens is 418 g/mol. The van der Waals surface area contributed by atoms with Gasteiger partial charge in [-0.25, -0.2) is 0 Å². The Hall–Kier alpha value is -0.910. The Kier molecular flexibility index (Phi) is 6.15. The molecule has 4 fully saturated rings. The van der Waals surface area contributed by atoms with Crippen molar-refractivity contribution in [1.82, 2.24) is 5.32 Å². The molecule has 5 rings (SSSR count). The lowest BCUT2D eigenvalue weighted by molar-refractivity contribution is -0.144. The first kappa shape index (κ1) is 20.4. The number of hydrogen-bond donors (Lipinski definition) is 1. The van der Waals surface area contributed by atoms with Gasteiger partial charge in [-0.3, -0.25) is 4.79 Å². The standard InChI is InChI=1S/C23H32BrNO3/c1-2-27-6-7-28-15-18-5-3-4-17(8-18)14-25-21(26)22-10-19-9-20(11-22)13-23(24,12-19)16-22/h3-5,8,19-20H,2,6-7,9-16H2,1H3,(H,25,26). The number of ether oxygens (including phenoxy) is 2. The third-order valence-electron chi connectivity index (χ3n) is 6.76. The highest BCUT2D eigenvalue weighted by molar-refractivity contribution is 9.10. The molecule has 0 heterocycles. The van der Waals surface area contributed by atoms with Gasteiger partial charge in [0.15, 0.2) is 0 Å². The molecule has 4 nitrogen and oxygen atoms in total. The highest BCUT2D eigenvalue weighted by Gasteiger charge is 2.59. The van der Waals surface area contributed by atoms with Gasteiger partial charge in [0, 0.05) is 17.5 Å². The van der Waals surface area contributed by atoms with Crippen LogP contribution in [0.1, 0.15) is 56.6 Å². The van der Waals surface area contributed by atoms with Gasteiger partial charge in [0.1, 0.15) is 0 Å². The van der Waals surface area contributed by atoms with Crippen LogP contribution in [0.4, 0.5) is 0 Å². The molecule has 0 radical (unpaired) electrons. The number of carbonyl (C=O) groups excluding carboxylic acids is 1. The minimum atomic E-state index is -0.145. The number of carbonyl (C=O) groups is 1. The zero-order valence-corrected chi connectivity index (χ0v) is 18.4.